The van der Waals surface area contributed by atoms with Crippen LogP contribution in [-0.4, -0.2) is 33.2 Å². The van der Waals surface area contributed by atoms with Crippen molar-refractivity contribution in [3.63, 3.8) is 0 Å². The first-order valence-corrected chi connectivity index (χ1v) is 7.56. The van der Waals surface area contributed by atoms with Crippen molar-refractivity contribution in [1.29, 1.82) is 0 Å². The molecule has 2 aromatic rings. The maximum atomic E-state index is 12.3. The van der Waals surface area contributed by atoms with Gasteiger partial charge in [-0.05, 0) is 30.0 Å². The van der Waals surface area contributed by atoms with Crippen LogP contribution in [0, 0.1) is 5.92 Å². The fraction of sp³-hybridized carbons (Fsp3) is 0.412. The van der Waals surface area contributed by atoms with Crippen LogP contribution in [0.15, 0.2) is 43.0 Å². The molecule has 1 atom stereocenters. The normalized spacial score (nSPS) is 12.4. The molecule has 0 radical (unpaired) electrons. The Morgan fingerprint density at radius 3 is 2.59 bits per heavy atom. The summed E-state index contributed by atoms with van der Waals surface area (Å²) in [6.45, 7) is 4.89. The lowest BCUT2D eigenvalue weighted by Crippen LogP contribution is -2.39. The summed E-state index contributed by atoms with van der Waals surface area (Å²) in [5.41, 5.74) is 1.75. The number of aliphatic hydroxyl groups excluding tert-OH is 1. The minimum atomic E-state index is -0.0960. The van der Waals surface area contributed by atoms with Gasteiger partial charge in [-0.2, -0.15) is 0 Å². The van der Waals surface area contributed by atoms with Crippen molar-refractivity contribution < 1.29 is 9.90 Å². The smallest absolute Gasteiger partial charge is 0.251 e. The number of hydrogen-bond acceptors (Lipinski definition) is 3. The van der Waals surface area contributed by atoms with Gasteiger partial charge >= 0.3 is 0 Å². The maximum absolute atomic E-state index is 12.3. The molecule has 0 bridgehead atoms. The van der Waals surface area contributed by atoms with Crippen molar-refractivity contribution >= 4 is 5.91 Å². The molecule has 0 aliphatic heterocycles. The van der Waals surface area contributed by atoms with Gasteiger partial charge in [0.2, 0.25) is 0 Å². The van der Waals surface area contributed by atoms with Crippen LogP contribution in [0.1, 0.15) is 36.2 Å². The monoisotopic (exact) mass is 301 g/mol. The van der Waals surface area contributed by atoms with Gasteiger partial charge in [0, 0.05) is 37.2 Å². The lowest BCUT2D eigenvalue weighted by atomic mass is 10.0. The molecule has 0 fully saturated rings. The second-order valence-corrected chi connectivity index (χ2v) is 5.77. The van der Waals surface area contributed by atoms with E-state index < -0.39 is 0 Å². The van der Waals surface area contributed by atoms with E-state index in [4.69, 9.17) is 5.11 Å². The fourth-order valence-corrected chi connectivity index (χ4v) is 2.32. The highest BCUT2D eigenvalue weighted by Crippen LogP contribution is 2.10. The lowest BCUT2D eigenvalue weighted by molar-refractivity contribution is 0.0916. The third-order valence-corrected chi connectivity index (χ3v) is 3.70. The summed E-state index contributed by atoms with van der Waals surface area (Å²) in [5.74, 6) is 0.193. The highest BCUT2D eigenvalue weighted by Gasteiger charge is 2.16. The average molecular weight is 301 g/mol. The summed E-state index contributed by atoms with van der Waals surface area (Å²) < 4.78 is 1.98. The highest BCUT2D eigenvalue weighted by atomic mass is 16.3. The van der Waals surface area contributed by atoms with Gasteiger partial charge in [-0.15, -0.1) is 0 Å². The Kier molecular flexibility index (Phi) is 5.72. The standard InChI is InChI=1S/C17H23N3O2/c1-13(2)16(7-10-21)19-17(22)15-5-3-14(4-6-15)11-20-9-8-18-12-20/h3-6,8-9,12-13,16,21H,7,10-11H2,1-2H3,(H,19,22). The topological polar surface area (TPSA) is 67.2 Å². The molecule has 5 heteroatoms. The number of aromatic nitrogens is 2. The first kappa shape index (κ1) is 16.2. The van der Waals surface area contributed by atoms with Crippen LogP contribution in [0.3, 0.4) is 0 Å². The van der Waals surface area contributed by atoms with E-state index in [1.165, 1.54) is 0 Å². The summed E-state index contributed by atoms with van der Waals surface area (Å²) in [5, 5.41) is 12.1. The average Bonchev–Trinajstić information content (AvgIpc) is 3.00. The summed E-state index contributed by atoms with van der Waals surface area (Å²) in [6, 6.07) is 7.55. The molecule has 22 heavy (non-hydrogen) atoms. The Morgan fingerprint density at radius 2 is 2.05 bits per heavy atom. The maximum Gasteiger partial charge on any atom is 0.251 e. The van der Waals surface area contributed by atoms with E-state index in [0.29, 0.717) is 12.0 Å². The second kappa shape index (κ2) is 7.75. The van der Waals surface area contributed by atoms with E-state index in [0.717, 1.165) is 12.1 Å². The van der Waals surface area contributed by atoms with Crippen molar-refractivity contribution in [3.8, 4) is 0 Å². The molecule has 1 aromatic carbocycles. The van der Waals surface area contributed by atoms with Gasteiger partial charge in [0.1, 0.15) is 0 Å². The number of hydrogen-bond donors (Lipinski definition) is 2. The molecule has 0 spiro atoms. The minimum absolute atomic E-state index is 0.0110. The Balaban J connectivity index is 1.98. The molecule has 1 aromatic heterocycles. The van der Waals surface area contributed by atoms with E-state index >= 15 is 0 Å². The highest BCUT2D eigenvalue weighted by molar-refractivity contribution is 5.94. The van der Waals surface area contributed by atoms with Crippen LogP contribution in [0.2, 0.25) is 0 Å². The quantitative estimate of drug-likeness (QED) is 0.822. The predicted octanol–water partition coefficient (Wildman–Crippen LogP) is 2.07. The molecular formula is C17H23N3O2. The van der Waals surface area contributed by atoms with E-state index in [1.54, 1.807) is 12.5 Å². The van der Waals surface area contributed by atoms with Crippen molar-refractivity contribution in [2.24, 2.45) is 5.92 Å². The van der Waals surface area contributed by atoms with Crippen LogP contribution in [0.5, 0.6) is 0 Å². The summed E-state index contributed by atoms with van der Waals surface area (Å²) in [6.07, 6.45) is 5.99. The molecule has 0 aliphatic carbocycles. The first-order chi connectivity index (χ1) is 10.6. The van der Waals surface area contributed by atoms with Crippen molar-refractivity contribution in [1.82, 2.24) is 14.9 Å². The van der Waals surface area contributed by atoms with E-state index in [1.807, 2.05) is 48.9 Å². The molecule has 5 nitrogen and oxygen atoms in total. The number of imidazole rings is 1. The van der Waals surface area contributed by atoms with E-state index in [-0.39, 0.29) is 24.5 Å². The van der Waals surface area contributed by atoms with Gasteiger partial charge in [-0.3, -0.25) is 4.79 Å². The number of nitrogens with one attached hydrogen (secondary N) is 1. The molecular weight excluding hydrogens is 278 g/mol. The van der Waals surface area contributed by atoms with Gasteiger partial charge in [0.25, 0.3) is 5.91 Å². The third kappa shape index (κ3) is 4.43. The minimum Gasteiger partial charge on any atom is -0.396 e. The number of carbonyl (C=O) groups excluding carboxylic acids is 1. The number of carbonyl (C=O) groups is 1. The Morgan fingerprint density at radius 1 is 1.32 bits per heavy atom. The van der Waals surface area contributed by atoms with Gasteiger partial charge in [0.05, 0.1) is 6.33 Å². The number of rotatable bonds is 7. The number of aliphatic hydroxyl groups is 1. The largest absolute Gasteiger partial charge is 0.396 e. The molecule has 118 valence electrons. The molecule has 2 rings (SSSR count). The molecule has 2 N–H and O–H groups in total. The fourth-order valence-electron chi connectivity index (χ4n) is 2.32. The molecule has 0 saturated heterocycles. The zero-order chi connectivity index (χ0) is 15.9. The second-order valence-electron chi connectivity index (χ2n) is 5.77. The molecule has 0 aliphatic rings. The Hall–Kier alpha value is -2.14. The van der Waals surface area contributed by atoms with E-state index in [9.17, 15) is 4.79 Å². The third-order valence-electron chi connectivity index (χ3n) is 3.70. The lowest BCUT2D eigenvalue weighted by Gasteiger charge is -2.21. The molecule has 1 unspecified atom stereocenters. The Bertz CT molecular complexity index is 576. The summed E-state index contributed by atoms with van der Waals surface area (Å²) in [7, 11) is 0. The Labute approximate surface area is 131 Å². The van der Waals surface area contributed by atoms with Crippen LogP contribution in [0.4, 0.5) is 0 Å². The zero-order valence-electron chi connectivity index (χ0n) is 13.1. The van der Waals surface area contributed by atoms with Crippen molar-refractivity contribution in [2.45, 2.75) is 32.9 Å². The number of amides is 1. The van der Waals surface area contributed by atoms with Gasteiger partial charge in [0.15, 0.2) is 0 Å². The van der Waals surface area contributed by atoms with Crippen molar-refractivity contribution in [3.05, 3.63) is 54.1 Å². The van der Waals surface area contributed by atoms with Gasteiger partial charge in [-0.1, -0.05) is 26.0 Å². The molecule has 1 heterocycles. The van der Waals surface area contributed by atoms with Gasteiger partial charge in [-0.25, -0.2) is 4.98 Å². The summed E-state index contributed by atoms with van der Waals surface area (Å²) in [4.78, 5) is 16.3. The molecule has 1 amide bonds. The zero-order valence-corrected chi connectivity index (χ0v) is 13.1. The predicted molar refractivity (Wildman–Crippen MR) is 85.6 cm³/mol. The number of benzene rings is 1. The van der Waals surface area contributed by atoms with Crippen LogP contribution in [0.25, 0.3) is 0 Å². The van der Waals surface area contributed by atoms with Crippen LogP contribution >= 0.6 is 0 Å². The van der Waals surface area contributed by atoms with E-state index in [2.05, 4.69) is 10.3 Å². The first-order valence-electron chi connectivity index (χ1n) is 7.56. The van der Waals surface area contributed by atoms with Crippen LogP contribution in [-0.2, 0) is 6.54 Å². The van der Waals surface area contributed by atoms with Crippen LogP contribution < -0.4 is 5.32 Å². The number of nitrogens with zero attached hydrogens (tertiary/aromatic N) is 2. The summed E-state index contributed by atoms with van der Waals surface area (Å²) >= 11 is 0. The molecule has 0 saturated carbocycles. The van der Waals surface area contributed by atoms with Gasteiger partial charge < -0.3 is 15.0 Å². The van der Waals surface area contributed by atoms with Crippen molar-refractivity contribution in [2.75, 3.05) is 6.61 Å². The SMILES string of the molecule is CC(C)C(CCO)NC(=O)c1ccc(Cn2ccnc2)cc1.